The molecule has 0 aromatic heterocycles. The summed E-state index contributed by atoms with van der Waals surface area (Å²) in [5.74, 6) is 1.02. The Bertz CT molecular complexity index is 429. The van der Waals surface area contributed by atoms with Crippen molar-refractivity contribution in [1.29, 1.82) is 0 Å². The maximum absolute atomic E-state index is 11.7. The summed E-state index contributed by atoms with van der Waals surface area (Å²) in [4.78, 5) is 12.8. The number of ether oxygens (including phenoxy) is 1. The number of carbonyl (C=O) groups excluding carboxylic acids is 1. The monoisotopic (exact) mass is 298 g/mol. The fourth-order valence-electron chi connectivity index (χ4n) is 1.39. The number of ketones is 1. The number of rotatable bonds is 4. The van der Waals surface area contributed by atoms with Crippen LogP contribution in [0.25, 0.3) is 0 Å². The molecule has 0 saturated carbocycles. The molecule has 1 heterocycles. The van der Waals surface area contributed by atoms with Crippen LogP contribution in [-0.4, -0.2) is 18.1 Å². The van der Waals surface area contributed by atoms with Gasteiger partial charge in [0.15, 0.2) is 5.76 Å². The highest BCUT2D eigenvalue weighted by Crippen LogP contribution is 2.27. The summed E-state index contributed by atoms with van der Waals surface area (Å²) >= 11 is 4.98. The van der Waals surface area contributed by atoms with Gasteiger partial charge in [0.05, 0.1) is 12.4 Å². The molecule has 16 heavy (non-hydrogen) atoms. The van der Waals surface area contributed by atoms with E-state index in [2.05, 4.69) is 15.9 Å². The first-order valence-electron chi connectivity index (χ1n) is 5.01. The Labute approximate surface area is 107 Å². The predicted molar refractivity (Wildman–Crippen MR) is 68.5 cm³/mol. The molecule has 2 nitrogen and oxygen atoms in total. The molecule has 1 aliphatic rings. The van der Waals surface area contributed by atoms with E-state index in [0.717, 1.165) is 15.8 Å². The molecule has 0 atom stereocenters. The van der Waals surface area contributed by atoms with Gasteiger partial charge in [-0.1, -0.05) is 12.1 Å². The van der Waals surface area contributed by atoms with E-state index in [1.807, 2.05) is 30.3 Å². The molecule has 0 bridgehead atoms. The van der Waals surface area contributed by atoms with E-state index in [1.165, 1.54) is 11.8 Å². The molecule has 0 aliphatic carbocycles. The number of thioether (sulfide) groups is 1. The van der Waals surface area contributed by atoms with Crippen LogP contribution in [-0.2, 0) is 9.53 Å². The smallest absolute Gasteiger partial charge is 0.207 e. The zero-order valence-electron chi connectivity index (χ0n) is 8.61. The molecular weight excluding hydrogens is 288 g/mol. The van der Waals surface area contributed by atoms with Crippen molar-refractivity contribution in [2.75, 3.05) is 12.4 Å². The third kappa shape index (κ3) is 2.89. The molecule has 1 aromatic carbocycles. The molecule has 0 unspecified atom stereocenters. The summed E-state index contributed by atoms with van der Waals surface area (Å²) in [5, 5.41) is 0. The molecular formula is C12H11BrO2S. The highest BCUT2D eigenvalue weighted by atomic mass is 79.9. The van der Waals surface area contributed by atoms with Crippen molar-refractivity contribution < 1.29 is 9.53 Å². The minimum Gasteiger partial charge on any atom is -0.490 e. The number of hydrogen-bond acceptors (Lipinski definition) is 3. The number of benzene rings is 1. The van der Waals surface area contributed by atoms with E-state index in [1.54, 1.807) is 0 Å². The lowest BCUT2D eigenvalue weighted by molar-refractivity contribution is -0.116. The van der Waals surface area contributed by atoms with Crippen LogP contribution >= 0.6 is 27.7 Å². The SMILES string of the molecule is O=C(CSc1ccccc1Br)C1=CCCO1. The zero-order valence-corrected chi connectivity index (χ0v) is 11.0. The van der Waals surface area contributed by atoms with Gasteiger partial charge in [-0.2, -0.15) is 0 Å². The average Bonchev–Trinajstić information content (AvgIpc) is 2.81. The Morgan fingerprint density at radius 2 is 2.25 bits per heavy atom. The Balaban J connectivity index is 1.92. The van der Waals surface area contributed by atoms with Gasteiger partial charge < -0.3 is 4.74 Å². The van der Waals surface area contributed by atoms with Gasteiger partial charge in [0.1, 0.15) is 0 Å². The summed E-state index contributed by atoms with van der Waals surface area (Å²) in [5.41, 5.74) is 0. The fourth-order valence-corrected chi connectivity index (χ4v) is 2.83. The van der Waals surface area contributed by atoms with Crippen molar-refractivity contribution in [3.8, 4) is 0 Å². The van der Waals surface area contributed by atoms with Gasteiger partial charge in [-0.05, 0) is 34.1 Å². The van der Waals surface area contributed by atoms with Crippen LogP contribution in [0.1, 0.15) is 6.42 Å². The van der Waals surface area contributed by atoms with Crippen LogP contribution in [0.5, 0.6) is 0 Å². The molecule has 4 heteroatoms. The van der Waals surface area contributed by atoms with Crippen molar-refractivity contribution >= 4 is 33.5 Å². The molecule has 2 rings (SSSR count). The molecule has 1 aromatic rings. The van der Waals surface area contributed by atoms with E-state index in [4.69, 9.17) is 4.74 Å². The second kappa shape index (κ2) is 5.55. The van der Waals surface area contributed by atoms with Crippen LogP contribution < -0.4 is 0 Å². The van der Waals surface area contributed by atoms with Crippen LogP contribution in [0.3, 0.4) is 0 Å². The number of Topliss-reactive ketones (excluding diaryl/α,β-unsaturated/α-hetero) is 1. The highest BCUT2D eigenvalue weighted by molar-refractivity contribution is 9.10. The van der Waals surface area contributed by atoms with Crippen molar-refractivity contribution in [3.05, 3.63) is 40.6 Å². The van der Waals surface area contributed by atoms with Gasteiger partial charge in [-0.3, -0.25) is 4.79 Å². The minimum atomic E-state index is 0.0678. The second-order valence-corrected chi connectivity index (χ2v) is 5.22. The van der Waals surface area contributed by atoms with E-state index >= 15 is 0 Å². The average molecular weight is 299 g/mol. The van der Waals surface area contributed by atoms with Gasteiger partial charge in [0.2, 0.25) is 5.78 Å². The summed E-state index contributed by atoms with van der Waals surface area (Å²) < 4.78 is 6.24. The van der Waals surface area contributed by atoms with Gasteiger partial charge in [-0.25, -0.2) is 0 Å². The fraction of sp³-hybridized carbons (Fsp3) is 0.250. The largest absolute Gasteiger partial charge is 0.490 e. The van der Waals surface area contributed by atoms with E-state index in [-0.39, 0.29) is 5.78 Å². The number of hydrogen-bond donors (Lipinski definition) is 0. The lowest BCUT2D eigenvalue weighted by Gasteiger charge is -2.04. The molecule has 0 fully saturated rings. The summed E-state index contributed by atoms with van der Waals surface area (Å²) in [7, 11) is 0. The molecule has 0 N–H and O–H groups in total. The Morgan fingerprint density at radius 3 is 2.94 bits per heavy atom. The molecule has 0 amide bonds. The van der Waals surface area contributed by atoms with E-state index in [0.29, 0.717) is 18.1 Å². The van der Waals surface area contributed by atoms with Crippen molar-refractivity contribution in [2.24, 2.45) is 0 Å². The van der Waals surface area contributed by atoms with Gasteiger partial charge in [0.25, 0.3) is 0 Å². The summed E-state index contributed by atoms with van der Waals surface area (Å²) in [6.07, 6.45) is 2.71. The van der Waals surface area contributed by atoms with Gasteiger partial charge in [-0.15, -0.1) is 11.8 Å². The van der Waals surface area contributed by atoms with Crippen LogP contribution in [0.15, 0.2) is 45.5 Å². The lowest BCUT2D eigenvalue weighted by Crippen LogP contribution is -2.05. The Hall–Kier alpha value is -0.740. The standard InChI is InChI=1S/C12H11BrO2S/c13-9-4-1-2-6-12(9)16-8-10(14)11-5-3-7-15-11/h1-2,4-6H,3,7-8H2. The molecule has 0 radical (unpaired) electrons. The summed E-state index contributed by atoms with van der Waals surface area (Å²) in [6, 6.07) is 7.88. The van der Waals surface area contributed by atoms with E-state index in [9.17, 15) is 4.79 Å². The minimum absolute atomic E-state index is 0.0678. The van der Waals surface area contributed by atoms with Crippen LogP contribution in [0, 0.1) is 0 Å². The number of carbonyl (C=O) groups is 1. The normalized spacial score (nSPS) is 14.4. The van der Waals surface area contributed by atoms with Crippen LogP contribution in [0.2, 0.25) is 0 Å². The highest BCUT2D eigenvalue weighted by Gasteiger charge is 2.15. The Kier molecular flexibility index (Phi) is 4.07. The van der Waals surface area contributed by atoms with Crippen molar-refractivity contribution in [1.82, 2.24) is 0 Å². The maximum atomic E-state index is 11.7. The third-order valence-corrected chi connectivity index (χ3v) is 4.20. The molecule has 0 spiro atoms. The van der Waals surface area contributed by atoms with Gasteiger partial charge in [0, 0.05) is 15.8 Å². The van der Waals surface area contributed by atoms with Crippen LogP contribution in [0.4, 0.5) is 0 Å². The zero-order chi connectivity index (χ0) is 11.4. The lowest BCUT2D eigenvalue weighted by atomic mass is 10.3. The maximum Gasteiger partial charge on any atom is 0.207 e. The topological polar surface area (TPSA) is 26.3 Å². The van der Waals surface area contributed by atoms with Gasteiger partial charge >= 0.3 is 0 Å². The molecule has 0 saturated heterocycles. The first-order chi connectivity index (χ1) is 7.77. The van der Waals surface area contributed by atoms with Crippen molar-refractivity contribution in [3.63, 3.8) is 0 Å². The predicted octanol–water partition coefficient (Wildman–Crippen LogP) is 3.41. The molecule has 84 valence electrons. The summed E-state index contributed by atoms with van der Waals surface area (Å²) in [6.45, 7) is 0.640. The van der Waals surface area contributed by atoms with E-state index < -0.39 is 0 Å². The number of halogens is 1. The third-order valence-electron chi connectivity index (χ3n) is 2.18. The molecule has 1 aliphatic heterocycles. The number of allylic oxidation sites excluding steroid dienone is 1. The first-order valence-corrected chi connectivity index (χ1v) is 6.79. The first kappa shape index (κ1) is 11.7. The second-order valence-electron chi connectivity index (χ2n) is 3.35. The quantitative estimate of drug-likeness (QED) is 0.797. The van der Waals surface area contributed by atoms with Crippen molar-refractivity contribution in [2.45, 2.75) is 11.3 Å². The Morgan fingerprint density at radius 1 is 1.44 bits per heavy atom.